The number of phenolic OH excluding ortho intramolecular Hbond substituents is 1. The third-order valence-corrected chi connectivity index (χ3v) is 2.49. The maximum absolute atomic E-state index is 9.84. The van der Waals surface area contributed by atoms with Gasteiger partial charge in [-0.3, -0.25) is 0 Å². The zero-order chi connectivity index (χ0) is 10.3. The summed E-state index contributed by atoms with van der Waals surface area (Å²) in [6, 6.07) is 5.95. The molecule has 0 bridgehead atoms. The van der Waals surface area contributed by atoms with Crippen molar-refractivity contribution in [2.75, 3.05) is 0 Å². The van der Waals surface area contributed by atoms with E-state index in [9.17, 15) is 5.11 Å². The van der Waals surface area contributed by atoms with E-state index in [0.29, 0.717) is 11.3 Å². The monoisotopic (exact) mass is 187 g/mol. The zero-order valence-corrected chi connectivity index (χ0v) is 8.63. The minimum absolute atomic E-state index is 0.300. The van der Waals surface area contributed by atoms with Gasteiger partial charge in [0, 0.05) is 11.1 Å². The summed E-state index contributed by atoms with van der Waals surface area (Å²) in [6.45, 7) is 5.86. The van der Waals surface area contributed by atoms with E-state index in [1.54, 1.807) is 0 Å². The number of pyridine rings is 1. The number of fused-ring (bicyclic) bond motifs is 1. The summed E-state index contributed by atoms with van der Waals surface area (Å²) in [6.07, 6.45) is 0. The van der Waals surface area contributed by atoms with Crippen molar-refractivity contribution in [3.63, 3.8) is 0 Å². The highest BCUT2D eigenvalue weighted by atomic mass is 16.3. The Labute approximate surface area is 83.2 Å². The van der Waals surface area contributed by atoms with Crippen molar-refractivity contribution in [1.82, 2.24) is 4.98 Å². The minimum atomic E-state index is 0.300. The Kier molecular flexibility index (Phi) is 1.92. The van der Waals surface area contributed by atoms with Crippen molar-refractivity contribution in [3.8, 4) is 5.75 Å². The van der Waals surface area contributed by atoms with Crippen molar-refractivity contribution in [3.05, 3.63) is 35.0 Å². The second-order valence-electron chi connectivity index (χ2n) is 3.71. The van der Waals surface area contributed by atoms with Crippen LogP contribution >= 0.6 is 0 Å². The van der Waals surface area contributed by atoms with E-state index in [2.05, 4.69) is 4.98 Å². The van der Waals surface area contributed by atoms with Crippen LogP contribution in [-0.2, 0) is 0 Å². The molecule has 0 amide bonds. The van der Waals surface area contributed by atoms with Crippen LogP contribution in [0.5, 0.6) is 5.75 Å². The number of rotatable bonds is 0. The van der Waals surface area contributed by atoms with Gasteiger partial charge < -0.3 is 5.11 Å². The lowest BCUT2D eigenvalue weighted by atomic mass is 10.0. The van der Waals surface area contributed by atoms with Crippen LogP contribution in [-0.4, -0.2) is 10.1 Å². The summed E-state index contributed by atoms with van der Waals surface area (Å²) >= 11 is 0. The van der Waals surface area contributed by atoms with E-state index in [1.165, 1.54) is 0 Å². The van der Waals surface area contributed by atoms with Crippen molar-refractivity contribution >= 4 is 10.9 Å². The summed E-state index contributed by atoms with van der Waals surface area (Å²) in [7, 11) is 0. The molecule has 0 spiro atoms. The smallest absolute Gasteiger partial charge is 0.144 e. The summed E-state index contributed by atoms with van der Waals surface area (Å²) in [5.41, 5.74) is 3.68. The molecule has 0 unspecified atom stereocenters. The Balaban J connectivity index is 2.95. The molecule has 0 atom stereocenters. The topological polar surface area (TPSA) is 33.1 Å². The van der Waals surface area contributed by atoms with Gasteiger partial charge in [0.2, 0.25) is 0 Å². The molecule has 0 saturated heterocycles. The molecule has 1 N–H and O–H groups in total. The number of hydrogen-bond acceptors (Lipinski definition) is 2. The average molecular weight is 187 g/mol. The Bertz CT molecular complexity index is 503. The van der Waals surface area contributed by atoms with Crippen molar-refractivity contribution in [2.45, 2.75) is 20.8 Å². The Morgan fingerprint density at radius 3 is 2.50 bits per heavy atom. The number of aromatic nitrogens is 1. The maximum atomic E-state index is 9.84. The molecule has 14 heavy (non-hydrogen) atoms. The van der Waals surface area contributed by atoms with Gasteiger partial charge in [-0.05, 0) is 38.0 Å². The highest BCUT2D eigenvalue weighted by Gasteiger charge is 2.07. The summed E-state index contributed by atoms with van der Waals surface area (Å²) in [5, 5.41) is 10.9. The Hall–Kier alpha value is -1.57. The number of nitrogens with zero attached hydrogens (tertiary/aromatic N) is 1. The van der Waals surface area contributed by atoms with Gasteiger partial charge in [0.25, 0.3) is 0 Å². The van der Waals surface area contributed by atoms with Crippen LogP contribution in [0.25, 0.3) is 10.9 Å². The van der Waals surface area contributed by atoms with E-state index >= 15 is 0 Å². The molecule has 1 aromatic heterocycles. The zero-order valence-electron chi connectivity index (χ0n) is 8.63. The van der Waals surface area contributed by atoms with Gasteiger partial charge in [-0.1, -0.05) is 12.1 Å². The molecule has 0 radical (unpaired) electrons. The molecular weight excluding hydrogens is 174 g/mol. The van der Waals surface area contributed by atoms with Gasteiger partial charge in [-0.2, -0.15) is 0 Å². The first kappa shape index (κ1) is 9.00. The van der Waals surface area contributed by atoms with Crippen molar-refractivity contribution in [1.29, 1.82) is 0 Å². The molecule has 2 rings (SSSR count). The first-order valence-electron chi connectivity index (χ1n) is 4.66. The van der Waals surface area contributed by atoms with Gasteiger partial charge >= 0.3 is 0 Å². The molecule has 0 fully saturated rings. The molecule has 2 heteroatoms. The molecule has 2 aromatic rings. The van der Waals surface area contributed by atoms with Gasteiger partial charge in [-0.15, -0.1) is 0 Å². The van der Waals surface area contributed by atoms with Crippen LogP contribution in [0, 0.1) is 20.8 Å². The van der Waals surface area contributed by atoms with Crippen molar-refractivity contribution in [2.24, 2.45) is 0 Å². The predicted molar refractivity (Wildman–Crippen MR) is 57.6 cm³/mol. The quantitative estimate of drug-likeness (QED) is 0.688. The first-order valence-corrected chi connectivity index (χ1v) is 4.66. The van der Waals surface area contributed by atoms with E-state index in [4.69, 9.17) is 0 Å². The second-order valence-corrected chi connectivity index (χ2v) is 3.71. The van der Waals surface area contributed by atoms with E-state index in [0.717, 1.165) is 22.2 Å². The van der Waals surface area contributed by atoms with Crippen LogP contribution < -0.4 is 0 Å². The van der Waals surface area contributed by atoms with Crippen LogP contribution in [0.1, 0.15) is 16.8 Å². The fourth-order valence-electron chi connectivity index (χ4n) is 1.71. The number of aromatic hydroxyl groups is 1. The molecule has 0 saturated carbocycles. The fourth-order valence-corrected chi connectivity index (χ4v) is 1.71. The second kappa shape index (κ2) is 2.98. The van der Waals surface area contributed by atoms with Gasteiger partial charge in [0.1, 0.15) is 11.3 Å². The highest BCUT2D eigenvalue weighted by Crippen LogP contribution is 2.29. The average Bonchev–Trinajstić information content (AvgIpc) is 2.14. The molecule has 0 aliphatic rings. The lowest BCUT2D eigenvalue weighted by molar-refractivity contribution is 0.476. The molecule has 0 aliphatic carbocycles. The minimum Gasteiger partial charge on any atom is -0.505 e. The SMILES string of the molecule is Cc1ccc2c(C)cc(C)c(O)c2n1. The first-order chi connectivity index (χ1) is 6.59. The largest absolute Gasteiger partial charge is 0.505 e. The summed E-state index contributed by atoms with van der Waals surface area (Å²) < 4.78 is 0. The Morgan fingerprint density at radius 2 is 1.79 bits per heavy atom. The summed E-state index contributed by atoms with van der Waals surface area (Å²) in [5.74, 6) is 0.300. The van der Waals surface area contributed by atoms with Gasteiger partial charge in [-0.25, -0.2) is 4.98 Å². The summed E-state index contributed by atoms with van der Waals surface area (Å²) in [4.78, 5) is 4.35. The Morgan fingerprint density at radius 1 is 1.07 bits per heavy atom. The molecule has 1 heterocycles. The molecular formula is C12H13NO. The number of aryl methyl sites for hydroxylation is 3. The molecule has 0 aliphatic heterocycles. The maximum Gasteiger partial charge on any atom is 0.144 e. The standard InChI is InChI=1S/C12H13NO/c1-7-6-8(2)12(14)11-10(7)5-4-9(3)13-11/h4-6,14H,1-3H3. The highest BCUT2D eigenvalue weighted by molar-refractivity contribution is 5.88. The normalized spacial score (nSPS) is 10.8. The molecule has 2 nitrogen and oxygen atoms in total. The fraction of sp³-hybridized carbons (Fsp3) is 0.250. The van der Waals surface area contributed by atoms with E-state index < -0.39 is 0 Å². The van der Waals surface area contributed by atoms with Crippen molar-refractivity contribution < 1.29 is 5.11 Å². The number of phenols is 1. The molecule has 1 aromatic carbocycles. The van der Waals surface area contributed by atoms with Crippen LogP contribution in [0.4, 0.5) is 0 Å². The lowest BCUT2D eigenvalue weighted by Gasteiger charge is -2.07. The predicted octanol–water partition coefficient (Wildman–Crippen LogP) is 2.87. The van der Waals surface area contributed by atoms with Crippen LogP contribution in [0.3, 0.4) is 0 Å². The third kappa shape index (κ3) is 1.23. The van der Waals surface area contributed by atoms with E-state index in [-0.39, 0.29) is 0 Å². The lowest BCUT2D eigenvalue weighted by Crippen LogP contribution is -1.88. The molecule has 72 valence electrons. The van der Waals surface area contributed by atoms with Gasteiger partial charge in [0.15, 0.2) is 0 Å². The number of hydrogen-bond donors (Lipinski definition) is 1. The number of benzene rings is 1. The van der Waals surface area contributed by atoms with E-state index in [1.807, 2.05) is 39.0 Å². The third-order valence-electron chi connectivity index (χ3n) is 2.49. The van der Waals surface area contributed by atoms with Crippen LogP contribution in [0.15, 0.2) is 18.2 Å². The van der Waals surface area contributed by atoms with Crippen LogP contribution in [0.2, 0.25) is 0 Å². The van der Waals surface area contributed by atoms with Gasteiger partial charge in [0.05, 0.1) is 0 Å².